The number of thioether (sulfide) groups is 1. The third-order valence-electron chi connectivity index (χ3n) is 4.39. The molecule has 2 rings (SSSR count). The van der Waals surface area contributed by atoms with E-state index in [2.05, 4.69) is 13.8 Å². The van der Waals surface area contributed by atoms with Gasteiger partial charge in [0.05, 0.1) is 5.41 Å². The van der Waals surface area contributed by atoms with Crippen LogP contribution < -0.4 is 0 Å². The predicted octanol–water partition coefficient (Wildman–Crippen LogP) is 1.73. The maximum atomic E-state index is 12.5. The summed E-state index contributed by atoms with van der Waals surface area (Å²) < 4.78 is 0. The average Bonchev–Trinajstić information content (AvgIpc) is 2.76. The van der Waals surface area contributed by atoms with Gasteiger partial charge in [-0.15, -0.1) is 0 Å². The Labute approximate surface area is 118 Å². The van der Waals surface area contributed by atoms with Crippen LogP contribution in [0.2, 0.25) is 0 Å². The second-order valence-corrected chi connectivity index (χ2v) is 7.32. The number of likely N-dealkylation sites (tertiary alicyclic amines) is 1. The van der Waals surface area contributed by atoms with Gasteiger partial charge in [-0.05, 0) is 20.3 Å². The number of hydrogen-bond acceptors (Lipinski definition) is 3. The second kappa shape index (κ2) is 5.23. The lowest BCUT2D eigenvalue weighted by molar-refractivity contribution is -0.147. The van der Waals surface area contributed by atoms with Crippen LogP contribution in [0.1, 0.15) is 27.2 Å². The highest BCUT2D eigenvalue weighted by Gasteiger charge is 2.44. The van der Waals surface area contributed by atoms with Crippen molar-refractivity contribution in [2.45, 2.75) is 38.5 Å². The lowest BCUT2D eigenvalue weighted by atomic mass is 9.90. The van der Waals surface area contributed by atoms with E-state index in [1.165, 1.54) is 0 Å². The van der Waals surface area contributed by atoms with Crippen LogP contribution in [-0.2, 0) is 4.79 Å². The normalized spacial score (nSPS) is 35.5. The molecule has 2 heterocycles. The molecule has 2 amide bonds. The van der Waals surface area contributed by atoms with Gasteiger partial charge in [0.2, 0.25) is 0 Å². The highest BCUT2D eigenvalue weighted by Crippen LogP contribution is 2.32. The van der Waals surface area contributed by atoms with Crippen LogP contribution in [0, 0.1) is 5.41 Å². The molecular formula is C13H22N2O3S. The molecule has 2 aliphatic rings. The van der Waals surface area contributed by atoms with Crippen LogP contribution in [0.25, 0.3) is 0 Å². The van der Waals surface area contributed by atoms with Gasteiger partial charge in [-0.1, -0.05) is 6.92 Å². The largest absolute Gasteiger partial charge is 0.481 e. The zero-order chi connectivity index (χ0) is 14.2. The molecule has 2 aliphatic heterocycles. The minimum Gasteiger partial charge on any atom is -0.481 e. The summed E-state index contributed by atoms with van der Waals surface area (Å²) in [4.78, 5) is 27.3. The van der Waals surface area contributed by atoms with E-state index in [0.717, 1.165) is 12.3 Å². The van der Waals surface area contributed by atoms with Gasteiger partial charge in [0, 0.05) is 36.7 Å². The van der Waals surface area contributed by atoms with E-state index in [4.69, 9.17) is 0 Å². The summed E-state index contributed by atoms with van der Waals surface area (Å²) in [5.74, 6) is 0.153. The maximum Gasteiger partial charge on any atom is 0.320 e. The summed E-state index contributed by atoms with van der Waals surface area (Å²) >= 11 is 1.89. The first-order valence-corrected chi connectivity index (χ1v) is 7.80. The number of carboxylic acid groups (broad SMARTS) is 1. The minimum atomic E-state index is -0.807. The van der Waals surface area contributed by atoms with E-state index in [1.54, 1.807) is 11.8 Å². The SMILES string of the molecule is CC1SCCN(C(=O)N2CCC(C)(C(=O)O)C2)C1C. The number of carboxylic acids is 1. The van der Waals surface area contributed by atoms with Crippen LogP contribution in [0.4, 0.5) is 4.79 Å². The van der Waals surface area contributed by atoms with Crippen molar-refractivity contribution in [2.75, 3.05) is 25.4 Å². The Morgan fingerprint density at radius 1 is 1.32 bits per heavy atom. The summed E-state index contributed by atoms with van der Waals surface area (Å²) in [5.41, 5.74) is -0.783. The Morgan fingerprint density at radius 2 is 2.00 bits per heavy atom. The van der Waals surface area contributed by atoms with Gasteiger partial charge < -0.3 is 14.9 Å². The zero-order valence-corrected chi connectivity index (χ0v) is 12.6. The summed E-state index contributed by atoms with van der Waals surface area (Å²) in [6, 6.07) is 0.215. The number of rotatable bonds is 1. The van der Waals surface area contributed by atoms with Gasteiger partial charge in [0.25, 0.3) is 0 Å². The number of aliphatic carboxylic acids is 1. The Balaban J connectivity index is 2.03. The maximum absolute atomic E-state index is 12.5. The van der Waals surface area contributed by atoms with Crippen LogP contribution in [0.3, 0.4) is 0 Å². The van der Waals surface area contributed by atoms with Crippen molar-refractivity contribution >= 4 is 23.8 Å². The molecule has 0 aromatic carbocycles. The van der Waals surface area contributed by atoms with Crippen LogP contribution in [0.5, 0.6) is 0 Å². The number of carbonyl (C=O) groups excluding carboxylic acids is 1. The van der Waals surface area contributed by atoms with E-state index in [1.807, 2.05) is 16.7 Å². The summed E-state index contributed by atoms with van der Waals surface area (Å²) in [7, 11) is 0. The molecule has 0 radical (unpaired) electrons. The molecule has 3 unspecified atom stereocenters. The molecule has 3 atom stereocenters. The molecule has 2 saturated heterocycles. The van der Waals surface area contributed by atoms with Gasteiger partial charge in [0.15, 0.2) is 0 Å². The lowest BCUT2D eigenvalue weighted by Gasteiger charge is -2.39. The van der Waals surface area contributed by atoms with E-state index in [0.29, 0.717) is 24.8 Å². The van der Waals surface area contributed by atoms with Crippen molar-refractivity contribution in [3.05, 3.63) is 0 Å². The molecule has 0 aromatic heterocycles. The van der Waals surface area contributed by atoms with Crippen molar-refractivity contribution in [2.24, 2.45) is 5.41 Å². The van der Waals surface area contributed by atoms with E-state index >= 15 is 0 Å². The fraction of sp³-hybridized carbons (Fsp3) is 0.846. The molecule has 1 N–H and O–H groups in total. The van der Waals surface area contributed by atoms with E-state index in [-0.39, 0.29) is 12.1 Å². The topological polar surface area (TPSA) is 60.9 Å². The monoisotopic (exact) mass is 286 g/mol. The highest BCUT2D eigenvalue weighted by atomic mass is 32.2. The van der Waals surface area contributed by atoms with Gasteiger partial charge >= 0.3 is 12.0 Å². The number of nitrogens with zero attached hydrogens (tertiary/aromatic N) is 2. The van der Waals surface area contributed by atoms with Crippen molar-refractivity contribution in [1.82, 2.24) is 9.80 Å². The van der Waals surface area contributed by atoms with Gasteiger partial charge in [0.1, 0.15) is 0 Å². The molecule has 5 nitrogen and oxygen atoms in total. The molecule has 0 aromatic rings. The van der Waals surface area contributed by atoms with Gasteiger partial charge in [-0.25, -0.2) is 4.79 Å². The van der Waals surface area contributed by atoms with Crippen LogP contribution in [0.15, 0.2) is 0 Å². The average molecular weight is 286 g/mol. The van der Waals surface area contributed by atoms with Crippen molar-refractivity contribution < 1.29 is 14.7 Å². The number of urea groups is 1. The first-order valence-electron chi connectivity index (χ1n) is 6.76. The van der Waals surface area contributed by atoms with Gasteiger partial charge in [-0.2, -0.15) is 11.8 Å². The third-order valence-corrected chi connectivity index (χ3v) is 5.73. The Bertz CT molecular complexity index is 390. The van der Waals surface area contributed by atoms with Gasteiger partial charge in [-0.3, -0.25) is 4.79 Å². The molecule has 19 heavy (non-hydrogen) atoms. The number of hydrogen-bond donors (Lipinski definition) is 1. The molecule has 0 spiro atoms. The Morgan fingerprint density at radius 3 is 2.58 bits per heavy atom. The molecule has 6 heteroatoms. The first kappa shape index (κ1) is 14.5. The highest BCUT2D eigenvalue weighted by molar-refractivity contribution is 8.00. The van der Waals surface area contributed by atoms with E-state index < -0.39 is 11.4 Å². The van der Waals surface area contributed by atoms with Crippen LogP contribution in [-0.4, -0.2) is 63.6 Å². The Hall–Kier alpha value is -0.910. The number of carbonyl (C=O) groups is 2. The van der Waals surface area contributed by atoms with Crippen molar-refractivity contribution in [1.29, 1.82) is 0 Å². The number of amides is 2. The van der Waals surface area contributed by atoms with Crippen molar-refractivity contribution in [3.8, 4) is 0 Å². The fourth-order valence-corrected chi connectivity index (χ4v) is 3.78. The van der Waals surface area contributed by atoms with Crippen LogP contribution >= 0.6 is 11.8 Å². The molecular weight excluding hydrogens is 264 g/mol. The molecule has 2 fully saturated rings. The fourth-order valence-electron chi connectivity index (χ4n) is 2.68. The van der Waals surface area contributed by atoms with Crippen molar-refractivity contribution in [3.63, 3.8) is 0 Å². The Kier molecular flexibility index (Phi) is 3.99. The molecule has 0 aliphatic carbocycles. The zero-order valence-electron chi connectivity index (χ0n) is 11.8. The standard InChI is InChI=1S/C13H22N2O3S/c1-9-10(2)19-7-6-15(9)12(18)14-5-4-13(3,8-14)11(16)17/h9-10H,4-8H2,1-3H3,(H,16,17). The summed E-state index contributed by atoms with van der Waals surface area (Å²) in [6.07, 6.45) is 0.542. The molecule has 0 saturated carbocycles. The molecule has 0 bridgehead atoms. The van der Waals surface area contributed by atoms with E-state index in [9.17, 15) is 14.7 Å². The quantitative estimate of drug-likeness (QED) is 0.797. The smallest absolute Gasteiger partial charge is 0.320 e. The molecule has 108 valence electrons. The third kappa shape index (κ3) is 2.68. The lowest BCUT2D eigenvalue weighted by Crippen LogP contribution is -2.53. The summed E-state index contributed by atoms with van der Waals surface area (Å²) in [6.45, 7) is 7.57. The predicted molar refractivity (Wildman–Crippen MR) is 75.4 cm³/mol. The minimum absolute atomic E-state index is 0.00428. The second-order valence-electron chi connectivity index (χ2n) is 5.83. The summed E-state index contributed by atoms with van der Waals surface area (Å²) in [5, 5.41) is 9.66. The first-order chi connectivity index (χ1) is 8.85.